The summed E-state index contributed by atoms with van der Waals surface area (Å²) in [7, 11) is 0. The molecule has 1 aromatic rings. The van der Waals surface area contributed by atoms with Crippen molar-refractivity contribution in [3.05, 3.63) is 47.7 Å². The number of hydrogen-bond acceptors (Lipinski definition) is 2. The Hall–Kier alpha value is -1.81. The molecule has 1 fully saturated rings. The Morgan fingerprint density at radius 2 is 2.00 bits per heavy atom. The fraction of sp³-hybridized carbons (Fsp3) is 0.400. The first-order chi connectivity index (χ1) is 9.33. The van der Waals surface area contributed by atoms with Crippen LogP contribution in [0.4, 0.5) is 4.79 Å². The molecular formula is C15H19N3O. The van der Waals surface area contributed by atoms with Crippen LogP contribution in [0.25, 0.3) is 0 Å². The van der Waals surface area contributed by atoms with Gasteiger partial charge in [0.15, 0.2) is 0 Å². The van der Waals surface area contributed by atoms with Gasteiger partial charge in [-0.3, -0.25) is 9.80 Å². The predicted molar refractivity (Wildman–Crippen MR) is 74.5 cm³/mol. The van der Waals surface area contributed by atoms with Crippen molar-refractivity contribution in [3.63, 3.8) is 0 Å². The highest BCUT2D eigenvalue weighted by atomic mass is 16.2. The Balaban J connectivity index is 1.59. The van der Waals surface area contributed by atoms with Crippen molar-refractivity contribution < 1.29 is 4.79 Å². The van der Waals surface area contributed by atoms with Gasteiger partial charge in [0.05, 0.1) is 0 Å². The Morgan fingerprint density at radius 1 is 1.16 bits per heavy atom. The van der Waals surface area contributed by atoms with Gasteiger partial charge in [0.25, 0.3) is 0 Å². The van der Waals surface area contributed by atoms with Crippen LogP contribution >= 0.6 is 0 Å². The minimum atomic E-state index is 0.0581. The summed E-state index contributed by atoms with van der Waals surface area (Å²) < 4.78 is 0. The lowest BCUT2D eigenvalue weighted by Crippen LogP contribution is -2.35. The molecule has 2 heterocycles. The fourth-order valence-electron chi connectivity index (χ4n) is 2.68. The molecule has 100 valence electrons. The van der Waals surface area contributed by atoms with Gasteiger partial charge in [0.2, 0.25) is 0 Å². The number of carbonyl (C=O) groups is 1. The minimum Gasteiger partial charge on any atom is -0.336 e. The average Bonchev–Trinajstić information content (AvgIpc) is 2.87. The van der Waals surface area contributed by atoms with E-state index in [1.807, 2.05) is 11.0 Å². The molecule has 1 N–H and O–H groups in total. The SMILES string of the molecule is O=C1NCCN1C1=CCN(Cc2ccccc2)CC1. The largest absolute Gasteiger partial charge is 0.336 e. The van der Waals surface area contributed by atoms with Crippen LogP contribution in [-0.4, -0.2) is 42.0 Å². The summed E-state index contributed by atoms with van der Waals surface area (Å²) >= 11 is 0. The van der Waals surface area contributed by atoms with Crippen LogP contribution in [0.1, 0.15) is 12.0 Å². The first-order valence-electron chi connectivity index (χ1n) is 6.83. The summed E-state index contributed by atoms with van der Waals surface area (Å²) in [6, 6.07) is 10.6. The zero-order chi connectivity index (χ0) is 13.1. The molecule has 0 radical (unpaired) electrons. The van der Waals surface area contributed by atoms with Crippen molar-refractivity contribution in [1.29, 1.82) is 0 Å². The Kier molecular flexibility index (Phi) is 3.51. The van der Waals surface area contributed by atoms with Crippen LogP contribution in [0.15, 0.2) is 42.1 Å². The highest BCUT2D eigenvalue weighted by Gasteiger charge is 2.25. The van der Waals surface area contributed by atoms with Gasteiger partial charge in [-0.05, 0) is 5.56 Å². The van der Waals surface area contributed by atoms with E-state index >= 15 is 0 Å². The summed E-state index contributed by atoms with van der Waals surface area (Å²) in [5.41, 5.74) is 2.53. The number of nitrogens with zero attached hydrogens (tertiary/aromatic N) is 2. The Bertz CT molecular complexity index is 483. The van der Waals surface area contributed by atoms with Crippen molar-refractivity contribution >= 4 is 6.03 Å². The number of urea groups is 1. The molecule has 0 aliphatic carbocycles. The molecule has 19 heavy (non-hydrogen) atoms. The van der Waals surface area contributed by atoms with Crippen LogP contribution in [0, 0.1) is 0 Å². The third kappa shape index (κ3) is 2.79. The molecule has 2 amide bonds. The smallest absolute Gasteiger partial charge is 0.321 e. The lowest BCUT2D eigenvalue weighted by Gasteiger charge is -2.29. The van der Waals surface area contributed by atoms with Gasteiger partial charge < -0.3 is 5.32 Å². The molecule has 0 aromatic heterocycles. The zero-order valence-corrected chi connectivity index (χ0v) is 11.0. The van der Waals surface area contributed by atoms with Crippen molar-refractivity contribution in [2.75, 3.05) is 26.2 Å². The van der Waals surface area contributed by atoms with Gasteiger partial charge in [-0.2, -0.15) is 0 Å². The van der Waals surface area contributed by atoms with E-state index in [0.717, 1.165) is 39.1 Å². The molecule has 0 saturated carbocycles. The highest BCUT2D eigenvalue weighted by molar-refractivity contribution is 5.78. The minimum absolute atomic E-state index is 0.0581. The Labute approximate surface area is 113 Å². The van der Waals surface area contributed by atoms with Crippen LogP contribution in [0.2, 0.25) is 0 Å². The second-order valence-corrected chi connectivity index (χ2v) is 5.05. The van der Waals surface area contributed by atoms with Crippen LogP contribution in [-0.2, 0) is 6.54 Å². The normalized spacial score (nSPS) is 20.3. The number of carbonyl (C=O) groups excluding carboxylic acids is 1. The first-order valence-corrected chi connectivity index (χ1v) is 6.83. The summed E-state index contributed by atoms with van der Waals surface area (Å²) in [6.45, 7) is 4.50. The molecular weight excluding hydrogens is 238 g/mol. The van der Waals surface area contributed by atoms with E-state index in [1.54, 1.807) is 0 Å². The second kappa shape index (κ2) is 5.45. The number of rotatable bonds is 3. The molecule has 3 rings (SSSR count). The third-order valence-corrected chi connectivity index (χ3v) is 3.72. The summed E-state index contributed by atoms with van der Waals surface area (Å²) in [5, 5.41) is 2.85. The second-order valence-electron chi connectivity index (χ2n) is 5.05. The van der Waals surface area contributed by atoms with Gasteiger partial charge in [0, 0.05) is 44.8 Å². The highest BCUT2D eigenvalue weighted by Crippen LogP contribution is 2.18. The van der Waals surface area contributed by atoms with Crippen molar-refractivity contribution in [2.24, 2.45) is 0 Å². The topological polar surface area (TPSA) is 35.6 Å². The molecule has 1 aromatic carbocycles. The molecule has 2 aliphatic heterocycles. The standard InChI is InChI=1S/C15H19N3O/c19-15-16-8-11-18(15)14-6-9-17(10-7-14)12-13-4-2-1-3-5-13/h1-6H,7-12H2,(H,16,19). The molecule has 1 saturated heterocycles. The fourth-order valence-corrected chi connectivity index (χ4v) is 2.68. The third-order valence-electron chi connectivity index (χ3n) is 3.72. The first kappa shape index (κ1) is 12.2. The lowest BCUT2D eigenvalue weighted by atomic mass is 10.1. The van der Waals surface area contributed by atoms with E-state index in [1.165, 1.54) is 11.3 Å². The van der Waals surface area contributed by atoms with E-state index in [0.29, 0.717) is 0 Å². The molecule has 0 spiro atoms. The zero-order valence-electron chi connectivity index (χ0n) is 11.0. The van der Waals surface area contributed by atoms with Gasteiger partial charge >= 0.3 is 6.03 Å². The quantitative estimate of drug-likeness (QED) is 0.896. The van der Waals surface area contributed by atoms with Crippen LogP contribution in [0.5, 0.6) is 0 Å². The van der Waals surface area contributed by atoms with Crippen molar-refractivity contribution in [2.45, 2.75) is 13.0 Å². The van der Waals surface area contributed by atoms with Gasteiger partial charge in [-0.25, -0.2) is 4.79 Å². The van der Waals surface area contributed by atoms with E-state index in [9.17, 15) is 4.79 Å². The summed E-state index contributed by atoms with van der Waals surface area (Å²) in [6.07, 6.45) is 3.15. The monoisotopic (exact) mass is 257 g/mol. The van der Waals surface area contributed by atoms with Crippen LogP contribution in [0.3, 0.4) is 0 Å². The molecule has 0 atom stereocenters. The lowest BCUT2D eigenvalue weighted by molar-refractivity contribution is 0.219. The molecule has 4 nitrogen and oxygen atoms in total. The average molecular weight is 257 g/mol. The van der Waals surface area contributed by atoms with E-state index < -0.39 is 0 Å². The Morgan fingerprint density at radius 3 is 2.63 bits per heavy atom. The van der Waals surface area contributed by atoms with Gasteiger partial charge in [-0.1, -0.05) is 36.4 Å². The van der Waals surface area contributed by atoms with Crippen molar-refractivity contribution in [3.8, 4) is 0 Å². The maximum Gasteiger partial charge on any atom is 0.321 e. The van der Waals surface area contributed by atoms with E-state index in [4.69, 9.17) is 0 Å². The van der Waals surface area contributed by atoms with E-state index in [2.05, 4.69) is 40.6 Å². The van der Waals surface area contributed by atoms with Gasteiger partial charge in [0.1, 0.15) is 0 Å². The number of nitrogens with one attached hydrogen (secondary N) is 1. The molecule has 4 heteroatoms. The number of hydrogen-bond donors (Lipinski definition) is 1. The van der Waals surface area contributed by atoms with Gasteiger partial charge in [-0.15, -0.1) is 0 Å². The summed E-state index contributed by atoms with van der Waals surface area (Å²) in [5.74, 6) is 0. The maximum absolute atomic E-state index is 11.6. The van der Waals surface area contributed by atoms with E-state index in [-0.39, 0.29) is 6.03 Å². The summed E-state index contributed by atoms with van der Waals surface area (Å²) in [4.78, 5) is 15.9. The predicted octanol–water partition coefficient (Wildman–Crippen LogP) is 1.80. The van der Waals surface area contributed by atoms with Crippen LogP contribution < -0.4 is 5.32 Å². The maximum atomic E-state index is 11.6. The number of benzene rings is 1. The number of amides is 2. The molecule has 2 aliphatic rings. The van der Waals surface area contributed by atoms with Crippen molar-refractivity contribution in [1.82, 2.24) is 15.1 Å². The molecule has 0 unspecified atom stereocenters. The molecule has 0 bridgehead atoms.